The van der Waals surface area contributed by atoms with Crippen molar-refractivity contribution in [3.63, 3.8) is 0 Å². The van der Waals surface area contributed by atoms with Crippen molar-refractivity contribution in [2.75, 3.05) is 0 Å². The second kappa shape index (κ2) is 7.02. The van der Waals surface area contributed by atoms with Gasteiger partial charge in [0.15, 0.2) is 0 Å². The first kappa shape index (κ1) is 16.8. The maximum Gasteiger partial charge on any atom is 0.149 e. The van der Waals surface area contributed by atoms with E-state index in [0.717, 1.165) is 39.1 Å². The number of benzene rings is 2. The lowest BCUT2D eigenvalue weighted by Gasteiger charge is -2.21. The third-order valence-electron chi connectivity index (χ3n) is 4.91. The van der Waals surface area contributed by atoms with Crippen LogP contribution < -0.4 is 16.0 Å². The number of aliphatic imine (C=N–C) groups is 1. The van der Waals surface area contributed by atoms with Gasteiger partial charge in [-0.2, -0.15) is 0 Å². The van der Waals surface area contributed by atoms with Crippen molar-refractivity contribution in [3.8, 4) is 11.3 Å². The summed E-state index contributed by atoms with van der Waals surface area (Å²) in [4.78, 5) is 9.29. The zero-order chi connectivity index (χ0) is 18.9. The molecule has 1 unspecified atom stereocenters. The molecule has 138 valence electrons. The summed E-state index contributed by atoms with van der Waals surface area (Å²) in [7, 11) is 0. The highest BCUT2D eigenvalue weighted by atomic mass is 35.5. The monoisotopic (exact) mass is 387 g/mol. The van der Waals surface area contributed by atoms with Gasteiger partial charge in [-0.25, -0.2) is 9.98 Å². The quantitative estimate of drug-likeness (QED) is 0.634. The Bertz CT molecular complexity index is 1130. The van der Waals surface area contributed by atoms with Gasteiger partial charge in [-0.1, -0.05) is 54.1 Å². The minimum Gasteiger partial charge on any atom is -0.367 e. The average molecular weight is 388 g/mol. The number of pyridine rings is 1. The topological polar surface area (TPSA) is 61.3 Å². The van der Waals surface area contributed by atoms with Crippen LogP contribution in [0.5, 0.6) is 0 Å². The third kappa shape index (κ3) is 3.00. The molecule has 5 nitrogen and oxygen atoms in total. The molecule has 2 aliphatic heterocycles. The zero-order valence-corrected chi connectivity index (χ0v) is 15.7. The Morgan fingerprint density at radius 3 is 2.86 bits per heavy atom. The van der Waals surface area contributed by atoms with E-state index in [1.54, 1.807) is 6.34 Å². The number of fused-ring (bicyclic) bond motifs is 2. The summed E-state index contributed by atoms with van der Waals surface area (Å²) in [5.74, 6) is 0.950. The molecule has 0 spiro atoms. The van der Waals surface area contributed by atoms with E-state index in [2.05, 4.69) is 39.1 Å². The van der Waals surface area contributed by atoms with Crippen LogP contribution in [0.15, 0.2) is 83.3 Å². The van der Waals surface area contributed by atoms with Crippen molar-refractivity contribution in [3.05, 3.63) is 88.9 Å². The van der Waals surface area contributed by atoms with Crippen molar-refractivity contribution < 1.29 is 0 Å². The molecule has 0 fully saturated rings. The lowest BCUT2D eigenvalue weighted by Crippen LogP contribution is -2.35. The minimum atomic E-state index is -0.0223. The fraction of sp³-hybridized carbons (Fsp3) is 0.0909. The molecule has 1 aromatic heterocycles. The van der Waals surface area contributed by atoms with Crippen LogP contribution in [-0.4, -0.2) is 17.5 Å². The molecule has 2 aliphatic rings. The van der Waals surface area contributed by atoms with Gasteiger partial charge in [0.2, 0.25) is 0 Å². The van der Waals surface area contributed by atoms with Gasteiger partial charge in [-0.15, -0.1) is 0 Å². The first-order chi connectivity index (χ1) is 13.8. The Kier molecular flexibility index (Phi) is 4.22. The standard InChI is InChI=1S/C22H18ClN5/c23-18-8-4-7-15-11-16(19(28-20(15)18)14-5-2-1-3-6-14)12-25-22-17-9-10-24-21(17)26-13-27-22/h1-11,13,21,24-25H,12H2,(H,26,27). The molecule has 0 aliphatic carbocycles. The van der Waals surface area contributed by atoms with Crippen molar-refractivity contribution in [2.24, 2.45) is 4.99 Å². The lowest BCUT2D eigenvalue weighted by atomic mass is 10.0. The van der Waals surface area contributed by atoms with E-state index in [9.17, 15) is 0 Å². The second-order valence-corrected chi connectivity index (χ2v) is 7.09. The zero-order valence-electron chi connectivity index (χ0n) is 15.0. The molecule has 3 N–H and O–H groups in total. The van der Waals surface area contributed by atoms with Crippen molar-refractivity contribution >= 4 is 28.8 Å². The maximum absolute atomic E-state index is 6.40. The molecule has 0 saturated carbocycles. The number of aromatic nitrogens is 1. The SMILES string of the molecule is Clc1cccc2cc(CNC3=C4C=CNC4N=CN3)c(-c3ccccc3)nc12. The van der Waals surface area contributed by atoms with Crippen molar-refractivity contribution in [1.82, 2.24) is 20.9 Å². The van der Waals surface area contributed by atoms with Crippen molar-refractivity contribution in [2.45, 2.75) is 12.7 Å². The second-order valence-electron chi connectivity index (χ2n) is 6.68. The van der Waals surface area contributed by atoms with E-state index in [-0.39, 0.29) is 6.17 Å². The molecule has 1 atom stereocenters. The molecule has 0 saturated heterocycles. The summed E-state index contributed by atoms with van der Waals surface area (Å²) in [6.45, 7) is 0.625. The fourth-order valence-electron chi connectivity index (χ4n) is 3.54. The molecule has 5 rings (SSSR count). The highest BCUT2D eigenvalue weighted by molar-refractivity contribution is 6.35. The normalized spacial score (nSPS) is 17.4. The number of nitrogens with one attached hydrogen (secondary N) is 3. The van der Waals surface area contributed by atoms with Crippen LogP contribution in [0.4, 0.5) is 0 Å². The van der Waals surface area contributed by atoms with Gasteiger partial charge < -0.3 is 16.0 Å². The van der Waals surface area contributed by atoms with Crippen LogP contribution in [0, 0.1) is 0 Å². The van der Waals surface area contributed by atoms with Crippen LogP contribution in [0.2, 0.25) is 5.02 Å². The number of halogens is 1. The van der Waals surface area contributed by atoms with E-state index < -0.39 is 0 Å². The third-order valence-corrected chi connectivity index (χ3v) is 5.22. The molecule has 0 amide bonds. The van der Waals surface area contributed by atoms with Gasteiger partial charge in [0, 0.05) is 23.1 Å². The molecule has 2 aromatic carbocycles. The largest absolute Gasteiger partial charge is 0.367 e. The van der Waals surface area contributed by atoms with Gasteiger partial charge in [0.25, 0.3) is 0 Å². The Morgan fingerprint density at radius 1 is 1.07 bits per heavy atom. The summed E-state index contributed by atoms with van der Waals surface area (Å²) < 4.78 is 0. The van der Waals surface area contributed by atoms with E-state index in [1.807, 2.05) is 48.7 Å². The van der Waals surface area contributed by atoms with Gasteiger partial charge >= 0.3 is 0 Å². The summed E-state index contributed by atoms with van der Waals surface area (Å²) in [5.41, 5.74) is 5.02. The van der Waals surface area contributed by atoms with E-state index in [1.165, 1.54) is 0 Å². The van der Waals surface area contributed by atoms with E-state index >= 15 is 0 Å². The Balaban J connectivity index is 1.55. The summed E-state index contributed by atoms with van der Waals surface area (Å²) in [6, 6.07) is 18.2. The first-order valence-corrected chi connectivity index (χ1v) is 9.50. The summed E-state index contributed by atoms with van der Waals surface area (Å²) in [5, 5.41) is 11.6. The highest BCUT2D eigenvalue weighted by Gasteiger charge is 2.21. The molecular formula is C22H18ClN5. The average Bonchev–Trinajstić information content (AvgIpc) is 3.22. The van der Waals surface area contributed by atoms with Crippen LogP contribution in [0.1, 0.15) is 5.56 Å². The number of rotatable bonds is 4. The van der Waals surface area contributed by atoms with Gasteiger partial charge in [-0.05, 0) is 30.0 Å². The van der Waals surface area contributed by atoms with Gasteiger partial charge in [0.1, 0.15) is 12.0 Å². The molecule has 3 heterocycles. The van der Waals surface area contributed by atoms with Crippen molar-refractivity contribution in [1.29, 1.82) is 0 Å². The molecule has 3 aromatic rings. The minimum absolute atomic E-state index is 0.0223. The summed E-state index contributed by atoms with van der Waals surface area (Å²) >= 11 is 6.40. The molecular weight excluding hydrogens is 370 g/mol. The smallest absolute Gasteiger partial charge is 0.149 e. The molecule has 0 radical (unpaired) electrons. The summed E-state index contributed by atoms with van der Waals surface area (Å²) in [6.07, 6.45) is 5.65. The van der Waals surface area contributed by atoms with Crippen LogP contribution >= 0.6 is 11.6 Å². The van der Waals surface area contributed by atoms with Gasteiger partial charge in [-0.3, -0.25) is 0 Å². The van der Waals surface area contributed by atoms with Crippen LogP contribution in [-0.2, 0) is 6.54 Å². The molecule has 6 heteroatoms. The number of nitrogens with zero attached hydrogens (tertiary/aromatic N) is 2. The lowest BCUT2D eigenvalue weighted by molar-refractivity contribution is 0.672. The van der Waals surface area contributed by atoms with Crippen LogP contribution in [0.25, 0.3) is 22.2 Å². The van der Waals surface area contributed by atoms with Crippen LogP contribution in [0.3, 0.4) is 0 Å². The number of hydrogen-bond donors (Lipinski definition) is 3. The molecule has 28 heavy (non-hydrogen) atoms. The first-order valence-electron chi connectivity index (χ1n) is 9.12. The Labute approximate surface area is 167 Å². The fourth-order valence-corrected chi connectivity index (χ4v) is 3.76. The van der Waals surface area contributed by atoms with E-state index in [4.69, 9.17) is 16.6 Å². The molecule has 0 bridgehead atoms. The van der Waals surface area contributed by atoms with Gasteiger partial charge in [0.05, 0.1) is 22.6 Å². The highest BCUT2D eigenvalue weighted by Crippen LogP contribution is 2.29. The predicted molar refractivity (Wildman–Crippen MR) is 114 cm³/mol. The Hall–Kier alpha value is -3.31. The number of para-hydroxylation sites is 1. The predicted octanol–water partition coefficient (Wildman–Crippen LogP) is 3.93. The Morgan fingerprint density at radius 2 is 1.96 bits per heavy atom. The van der Waals surface area contributed by atoms with E-state index in [0.29, 0.717) is 11.6 Å². The maximum atomic E-state index is 6.40. The number of hydrogen-bond acceptors (Lipinski definition) is 5.